The highest BCUT2D eigenvalue weighted by molar-refractivity contribution is 5.89. The SMILES string of the molecule is COC1=NOC2(C1)CN1CC[C@H]2C1.O=C(O)/C=C/C(=O)O. The molecule has 2 fully saturated rings. The first-order chi connectivity index (χ1) is 9.95. The van der Waals surface area contributed by atoms with Gasteiger partial charge in [0.05, 0.1) is 13.5 Å². The smallest absolute Gasteiger partial charge is 0.328 e. The lowest BCUT2D eigenvalue weighted by molar-refractivity contribution is -0.134. The number of hydrogen-bond donors (Lipinski definition) is 2. The van der Waals surface area contributed by atoms with E-state index in [2.05, 4.69) is 10.1 Å². The predicted molar refractivity (Wildman–Crippen MR) is 71.8 cm³/mol. The van der Waals surface area contributed by atoms with Crippen LogP contribution in [0.15, 0.2) is 17.3 Å². The van der Waals surface area contributed by atoms with Crippen molar-refractivity contribution in [3.8, 4) is 0 Å². The molecule has 0 aliphatic carbocycles. The van der Waals surface area contributed by atoms with E-state index < -0.39 is 11.9 Å². The van der Waals surface area contributed by atoms with Gasteiger partial charge in [0.15, 0.2) is 5.60 Å². The number of fused-ring (bicyclic) bond motifs is 3. The van der Waals surface area contributed by atoms with Gasteiger partial charge in [-0.15, -0.1) is 0 Å². The Morgan fingerprint density at radius 2 is 2.10 bits per heavy atom. The van der Waals surface area contributed by atoms with Gasteiger partial charge in [-0.2, -0.15) is 0 Å². The molecule has 2 unspecified atom stereocenters. The largest absolute Gasteiger partial charge is 0.482 e. The first-order valence-corrected chi connectivity index (χ1v) is 6.60. The molecule has 0 amide bonds. The van der Waals surface area contributed by atoms with E-state index in [1.54, 1.807) is 7.11 Å². The molecule has 3 rings (SSSR count). The molecule has 3 aliphatic heterocycles. The molecule has 3 heterocycles. The maximum Gasteiger partial charge on any atom is 0.328 e. The molecule has 8 heteroatoms. The van der Waals surface area contributed by atoms with Crippen molar-refractivity contribution >= 4 is 17.8 Å². The summed E-state index contributed by atoms with van der Waals surface area (Å²) in [6.07, 6.45) is 3.24. The molecule has 3 atom stereocenters. The molecule has 0 aromatic heterocycles. The topological polar surface area (TPSA) is 109 Å². The maximum atomic E-state index is 9.55. The van der Waals surface area contributed by atoms with Crippen LogP contribution in [0.4, 0.5) is 0 Å². The summed E-state index contributed by atoms with van der Waals surface area (Å²) in [7, 11) is 1.66. The summed E-state index contributed by atoms with van der Waals surface area (Å²) >= 11 is 0. The summed E-state index contributed by atoms with van der Waals surface area (Å²) in [5.41, 5.74) is -0.0242. The summed E-state index contributed by atoms with van der Waals surface area (Å²) in [6.45, 7) is 3.46. The van der Waals surface area contributed by atoms with Crippen LogP contribution in [0.3, 0.4) is 0 Å². The Bertz CT molecular complexity index is 473. The minimum Gasteiger partial charge on any atom is -0.482 e. The quantitative estimate of drug-likeness (QED) is 0.698. The van der Waals surface area contributed by atoms with E-state index in [9.17, 15) is 9.59 Å². The van der Waals surface area contributed by atoms with Crippen LogP contribution in [-0.4, -0.2) is 65.3 Å². The van der Waals surface area contributed by atoms with E-state index in [1.165, 1.54) is 19.5 Å². The van der Waals surface area contributed by atoms with E-state index in [0.717, 1.165) is 18.9 Å². The minimum atomic E-state index is -1.26. The van der Waals surface area contributed by atoms with Gasteiger partial charge >= 0.3 is 11.9 Å². The fraction of sp³-hybridized carbons (Fsp3) is 0.615. The molecule has 0 radical (unpaired) electrons. The third kappa shape index (κ3) is 3.52. The molecule has 0 aromatic carbocycles. The van der Waals surface area contributed by atoms with Gasteiger partial charge in [0.25, 0.3) is 0 Å². The number of carbonyl (C=O) groups is 2. The zero-order chi connectivity index (χ0) is 15.5. The average molecular weight is 298 g/mol. The monoisotopic (exact) mass is 298 g/mol. The first kappa shape index (κ1) is 15.3. The number of carboxylic acids is 2. The summed E-state index contributed by atoms with van der Waals surface area (Å²) < 4.78 is 5.11. The van der Waals surface area contributed by atoms with Crippen molar-refractivity contribution in [1.29, 1.82) is 0 Å². The van der Waals surface area contributed by atoms with Crippen molar-refractivity contribution in [2.45, 2.75) is 18.4 Å². The van der Waals surface area contributed by atoms with Gasteiger partial charge in [0.1, 0.15) is 0 Å². The van der Waals surface area contributed by atoms with Gasteiger partial charge in [-0.25, -0.2) is 9.59 Å². The van der Waals surface area contributed by atoms with Crippen molar-refractivity contribution in [3.63, 3.8) is 0 Å². The Kier molecular flexibility index (Phi) is 4.46. The number of oxime groups is 1. The van der Waals surface area contributed by atoms with Gasteiger partial charge in [0, 0.05) is 31.2 Å². The van der Waals surface area contributed by atoms with Crippen LogP contribution in [0.5, 0.6) is 0 Å². The molecule has 8 nitrogen and oxygen atoms in total. The molecule has 2 saturated heterocycles. The molecular weight excluding hydrogens is 280 g/mol. The van der Waals surface area contributed by atoms with Gasteiger partial charge in [-0.05, 0) is 13.0 Å². The van der Waals surface area contributed by atoms with Crippen LogP contribution in [0, 0.1) is 5.92 Å². The van der Waals surface area contributed by atoms with E-state index in [4.69, 9.17) is 19.8 Å². The maximum absolute atomic E-state index is 9.55. The highest BCUT2D eigenvalue weighted by Gasteiger charge is 2.55. The Hall–Kier alpha value is -2.09. The van der Waals surface area contributed by atoms with Crippen molar-refractivity contribution in [2.24, 2.45) is 11.1 Å². The molecule has 21 heavy (non-hydrogen) atoms. The first-order valence-electron chi connectivity index (χ1n) is 6.60. The summed E-state index contributed by atoms with van der Waals surface area (Å²) in [4.78, 5) is 27.1. The second kappa shape index (κ2) is 6.13. The molecular formula is C13H18N2O6. The number of piperidine rings is 1. The fourth-order valence-electron chi connectivity index (χ4n) is 2.93. The van der Waals surface area contributed by atoms with Crippen LogP contribution >= 0.6 is 0 Å². The molecule has 1 spiro atoms. The predicted octanol–water partition coefficient (Wildman–Crippen LogP) is 0.153. The Morgan fingerprint density at radius 1 is 1.43 bits per heavy atom. The van der Waals surface area contributed by atoms with Crippen LogP contribution in [0.25, 0.3) is 0 Å². The van der Waals surface area contributed by atoms with E-state index in [0.29, 0.717) is 18.1 Å². The molecule has 2 bridgehead atoms. The molecule has 0 aromatic rings. The van der Waals surface area contributed by atoms with Gasteiger partial charge in [-0.1, -0.05) is 5.16 Å². The van der Waals surface area contributed by atoms with Gasteiger partial charge < -0.3 is 19.8 Å². The third-order valence-corrected chi connectivity index (χ3v) is 3.89. The Labute approximate surface area is 121 Å². The zero-order valence-corrected chi connectivity index (χ0v) is 11.7. The summed E-state index contributed by atoms with van der Waals surface area (Å²) in [6, 6.07) is 0. The Morgan fingerprint density at radius 3 is 2.48 bits per heavy atom. The molecule has 3 aliphatic rings. The number of methoxy groups -OCH3 is 1. The number of ether oxygens (including phenoxy) is 1. The lowest BCUT2D eigenvalue weighted by Gasteiger charge is -2.30. The summed E-state index contributed by atoms with van der Waals surface area (Å²) in [5, 5.41) is 19.6. The molecule has 116 valence electrons. The highest BCUT2D eigenvalue weighted by Crippen LogP contribution is 2.44. The van der Waals surface area contributed by atoms with Crippen LogP contribution in [-0.2, 0) is 19.2 Å². The van der Waals surface area contributed by atoms with E-state index in [1.807, 2.05) is 0 Å². The van der Waals surface area contributed by atoms with Crippen LogP contribution in [0.2, 0.25) is 0 Å². The van der Waals surface area contributed by atoms with Crippen molar-refractivity contribution in [2.75, 3.05) is 26.7 Å². The normalized spacial score (nSPS) is 32.5. The summed E-state index contributed by atoms with van der Waals surface area (Å²) in [5.74, 6) is -1.09. The van der Waals surface area contributed by atoms with Crippen molar-refractivity contribution < 1.29 is 29.4 Å². The van der Waals surface area contributed by atoms with Crippen LogP contribution in [0.1, 0.15) is 12.8 Å². The minimum absolute atomic E-state index is 0.0242. The molecule has 2 N–H and O–H groups in total. The number of nitrogens with zero attached hydrogens (tertiary/aromatic N) is 2. The number of rotatable bonds is 2. The van der Waals surface area contributed by atoms with Crippen molar-refractivity contribution in [3.05, 3.63) is 12.2 Å². The third-order valence-electron chi connectivity index (χ3n) is 3.89. The highest BCUT2D eigenvalue weighted by atomic mass is 16.7. The Balaban J connectivity index is 0.000000177. The van der Waals surface area contributed by atoms with E-state index in [-0.39, 0.29) is 5.60 Å². The number of aliphatic carboxylic acids is 2. The lowest BCUT2D eigenvalue weighted by atomic mass is 9.85. The van der Waals surface area contributed by atoms with Gasteiger partial charge in [0.2, 0.25) is 5.90 Å². The fourth-order valence-corrected chi connectivity index (χ4v) is 2.93. The zero-order valence-electron chi connectivity index (χ0n) is 11.7. The van der Waals surface area contributed by atoms with Gasteiger partial charge in [-0.3, -0.25) is 4.90 Å². The van der Waals surface area contributed by atoms with Crippen molar-refractivity contribution in [1.82, 2.24) is 4.90 Å². The number of carboxylic acid groups (broad SMARTS) is 2. The van der Waals surface area contributed by atoms with E-state index >= 15 is 0 Å². The molecule has 0 saturated carbocycles. The second-order valence-corrected chi connectivity index (χ2v) is 5.25. The average Bonchev–Trinajstić information content (AvgIpc) is 3.13. The number of hydrogen-bond acceptors (Lipinski definition) is 6. The second-order valence-electron chi connectivity index (χ2n) is 5.25. The standard InChI is InChI=1S/C9H14N2O2.C4H4O4/c1-12-8-4-9(13-10-8)6-11-3-2-7(9)5-11;5-3(6)1-2-4(7)8/h7H,2-6H2,1H3;1-2H,(H,5,6)(H,7,8)/b;2-1+/t7-,9?;/m0./s1. The van der Waals surface area contributed by atoms with Crippen LogP contribution < -0.4 is 0 Å². The lowest BCUT2D eigenvalue weighted by Crippen LogP contribution is -2.42.